The summed E-state index contributed by atoms with van der Waals surface area (Å²) in [5, 5.41) is 10.9. The lowest BCUT2D eigenvalue weighted by Crippen LogP contribution is -2.41. The molecule has 1 aromatic heterocycles. The van der Waals surface area contributed by atoms with E-state index < -0.39 is 5.97 Å². The summed E-state index contributed by atoms with van der Waals surface area (Å²) in [4.78, 5) is 15.3. The topological polar surface area (TPSA) is 59.0 Å². The maximum atomic E-state index is 11.7. The molecule has 1 N–H and O–H groups in total. The molecular weight excluding hydrogens is 410 g/mol. The van der Waals surface area contributed by atoms with Gasteiger partial charge in [0.2, 0.25) is 0 Å². The van der Waals surface area contributed by atoms with Crippen LogP contribution in [0.2, 0.25) is 0 Å². The van der Waals surface area contributed by atoms with Crippen LogP contribution < -0.4 is 9.47 Å². The van der Waals surface area contributed by atoms with Crippen molar-refractivity contribution in [2.75, 3.05) is 26.3 Å². The minimum atomic E-state index is -0.707. The maximum Gasteiger partial charge on any atom is 0.307 e. The largest absolute Gasteiger partial charge is 0.490 e. The Morgan fingerprint density at radius 3 is 2.65 bits per heavy atom. The van der Waals surface area contributed by atoms with Crippen LogP contribution in [0.3, 0.4) is 0 Å². The highest BCUT2D eigenvalue weighted by molar-refractivity contribution is 7.19. The number of ether oxygens (including phenoxy) is 2. The number of thiophene rings is 1. The van der Waals surface area contributed by atoms with Crippen LogP contribution in [-0.4, -0.2) is 42.3 Å². The van der Waals surface area contributed by atoms with E-state index in [1.807, 2.05) is 19.9 Å². The molecule has 6 heteroatoms. The summed E-state index contributed by atoms with van der Waals surface area (Å²) in [6, 6.07) is 16.7. The number of hydrogen-bond acceptors (Lipinski definition) is 5. The highest BCUT2D eigenvalue weighted by Gasteiger charge is 2.32. The Balaban J connectivity index is 1.78. The zero-order valence-corrected chi connectivity index (χ0v) is 18.9. The molecule has 1 saturated heterocycles. The van der Waals surface area contributed by atoms with E-state index in [4.69, 9.17) is 9.47 Å². The molecule has 31 heavy (non-hydrogen) atoms. The third kappa shape index (κ3) is 4.70. The highest BCUT2D eigenvalue weighted by Crippen LogP contribution is 2.41. The van der Waals surface area contributed by atoms with Crippen molar-refractivity contribution in [1.29, 1.82) is 0 Å². The molecule has 4 rings (SSSR count). The van der Waals surface area contributed by atoms with Gasteiger partial charge in [-0.3, -0.25) is 9.69 Å². The van der Waals surface area contributed by atoms with Gasteiger partial charge >= 0.3 is 5.97 Å². The summed E-state index contributed by atoms with van der Waals surface area (Å²) in [5.74, 6) is 0.436. The van der Waals surface area contributed by atoms with Gasteiger partial charge in [-0.2, -0.15) is 0 Å². The van der Waals surface area contributed by atoms with Crippen LogP contribution in [0.4, 0.5) is 0 Å². The summed E-state index contributed by atoms with van der Waals surface area (Å²) >= 11 is 1.78. The maximum absolute atomic E-state index is 11.7. The van der Waals surface area contributed by atoms with Crippen molar-refractivity contribution in [2.24, 2.45) is 5.92 Å². The number of piperidine rings is 1. The first-order valence-corrected chi connectivity index (χ1v) is 11.8. The number of aliphatic carboxylic acids is 1. The molecule has 1 aliphatic rings. The fourth-order valence-electron chi connectivity index (χ4n) is 4.37. The molecule has 5 nitrogen and oxygen atoms in total. The average Bonchev–Trinajstić information content (AvgIpc) is 3.20. The van der Waals surface area contributed by atoms with Crippen molar-refractivity contribution >= 4 is 27.4 Å². The van der Waals surface area contributed by atoms with Crippen LogP contribution >= 0.6 is 11.3 Å². The molecule has 2 unspecified atom stereocenters. The Morgan fingerprint density at radius 2 is 1.90 bits per heavy atom. The first-order valence-electron chi connectivity index (χ1n) is 11.0. The van der Waals surface area contributed by atoms with Crippen molar-refractivity contribution in [1.82, 2.24) is 4.90 Å². The van der Waals surface area contributed by atoms with Crippen LogP contribution in [0, 0.1) is 5.92 Å². The van der Waals surface area contributed by atoms with E-state index in [9.17, 15) is 9.90 Å². The third-order valence-corrected chi connectivity index (χ3v) is 6.93. The molecule has 164 valence electrons. The second-order valence-corrected chi connectivity index (χ2v) is 8.95. The number of likely N-dealkylation sites (tertiary alicyclic amines) is 1. The van der Waals surface area contributed by atoms with Crippen molar-refractivity contribution in [3.05, 3.63) is 59.0 Å². The molecule has 1 fully saturated rings. The number of nitrogens with zero attached hydrogens (tertiary/aromatic N) is 1. The van der Waals surface area contributed by atoms with Gasteiger partial charge in [-0.1, -0.05) is 24.3 Å². The molecule has 0 aliphatic carbocycles. The number of benzene rings is 2. The van der Waals surface area contributed by atoms with Gasteiger partial charge in [0.1, 0.15) is 0 Å². The average molecular weight is 440 g/mol. The monoisotopic (exact) mass is 439 g/mol. The van der Waals surface area contributed by atoms with Crippen LogP contribution in [0.25, 0.3) is 10.1 Å². The number of fused-ring (bicyclic) bond motifs is 1. The second-order valence-electron chi connectivity index (χ2n) is 7.83. The van der Waals surface area contributed by atoms with Crippen molar-refractivity contribution in [2.45, 2.75) is 32.7 Å². The Hall–Kier alpha value is -2.57. The molecule has 2 atom stereocenters. The number of carboxylic acid groups (broad SMARTS) is 1. The Labute approximate surface area is 187 Å². The molecule has 0 bridgehead atoms. The third-order valence-electron chi connectivity index (χ3n) is 5.76. The van der Waals surface area contributed by atoms with Gasteiger partial charge in [0.25, 0.3) is 0 Å². The van der Waals surface area contributed by atoms with Crippen molar-refractivity contribution in [3.8, 4) is 11.5 Å². The minimum absolute atomic E-state index is 0.0190. The van der Waals surface area contributed by atoms with Gasteiger partial charge < -0.3 is 14.6 Å². The first-order chi connectivity index (χ1) is 15.1. The summed E-state index contributed by atoms with van der Waals surface area (Å²) in [6.45, 7) is 6.48. The van der Waals surface area contributed by atoms with Crippen LogP contribution in [-0.2, 0) is 4.79 Å². The van der Waals surface area contributed by atoms with E-state index in [2.05, 4.69) is 47.4 Å². The van der Waals surface area contributed by atoms with Gasteiger partial charge in [-0.05, 0) is 68.4 Å². The van der Waals surface area contributed by atoms with E-state index in [1.165, 1.54) is 15.0 Å². The number of rotatable bonds is 8. The lowest BCUT2D eigenvalue weighted by Gasteiger charge is -2.37. The first kappa shape index (κ1) is 21.7. The van der Waals surface area contributed by atoms with E-state index in [-0.39, 0.29) is 12.0 Å². The lowest BCUT2D eigenvalue weighted by atomic mass is 9.94. The van der Waals surface area contributed by atoms with Crippen LogP contribution in [0.15, 0.2) is 48.5 Å². The smallest absolute Gasteiger partial charge is 0.307 e. The van der Waals surface area contributed by atoms with Crippen LogP contribution in [0.1, 0.15) is 43.2 Å². The molecular formula is C25H29NO4S. The van der Waals surface area contributed by atoms with Gasteiger partial charge in [-0.25, -0.2) is 0 Å². The lowest BCUT2D eigenvalue weighted by molar-refractivity contribution is -0.143. The normalized spacial score (nSPS) is 18.1. The van der Waals surface area contributed by atoms with Crippen molar-refractivity contribution in [3.63, 3.8) is 0 Å². The van der Waals surface area contributed by atoms with Gasteiger partial charge in [0.05, 0.1) is 25.2 Å². The predicted molar refractivity (Wildman–Crippen MR) is 124 cm³/mol. The fourth-order valence-corrected chi connectivity index (χ4v) is 5.60. The molecule has 2 heterocycles. The van der Waals surface area contributed by atoms with Gasteiger partial charge in [-0.15, -0.1) is 11.3 Å². The Kier molecular flexibility index (Phi) is 6.78. The minimum Gasteiger partial charge on any atom is -0.490 e. The molecule has 0 radical (unpaired) electrons. The van der Waals surface area contributed by atoms with E-state index in [0.29, 0.717) is 19.8 Å². The number of carbonyl (C=O) groups is 1. The van der Waals surface area contributed by atoms with E-state index >= 15 is 0 Å². The fraction of sp³-hybridized carbons (Fsp3) is 0.400. The standard InChI is InChI=1S/C25H29NO4S/c1-3-29-20-12-11-18(14-21(20)30-4-2)24(26-13-7-9-19(16-26)25(27)28)23-15-17-8-5-6-10-22(17)31-23/h5-6,8,10-12,14-15,19,24H,3-4,7,9,13,16H2,1-2H3,(H,27,28). The highest BCUT2D eigenvalue weighted by atomic mass is 32.1. The zero-order valence-electron chi connectivity index (χ0n) is 18.0. The molecule has 0 spiro atoms. The van der Waals surface area contributed by atoms with E-state index in [0.717, 1.165) is 36.4 Å². The number of hydrogen-bond donors (Lipinski definition) is 1. The quantitative estimate of drug-likeness (QED) is 0.496. The van der Waals surface area contributed by atoms with Gasteiger partial charge in [0.15, 0.2) is 11.5 Å². The number of carboxylic acids is 1. The summed E-state index contributed by atoms with van der Waals surface area (Å²) in [7, 11) is 0. The SMILES string of the molecule is CCOc1ccc(C(c2cc3ccccc3s2)N2CCCC(C(=O)O)C2)cc1OCC. The molecule has 3 aromatic rings. The summed E-state index contributed by atoms with van der Waals surface area (Å²) < 4.78 is 12.9. The Morgan fingerprint density at radius 1 is 1.13 bits per heavy atom. The molecule has 0 amide bonds. The summed E-state index contributed by atoms with van der Waals surface area (Å²) in [6.07, 6.45) is 1.62. The predicted octanol–water partition coefficient (Wildman–Crippen LogP) is 5.58. The van der Waals surface area contributed by atoms with Crippen LogP contribution in [0.5, 0.6) is 11.5 Å². The second kappa shape index (κ2) is 9.71. The summed E-state index contributed by atoms with van der Waals surface area (Å²) in [5.41, 5.74) is 1.10. The van der Waals surface area contributed by atoms with Gasteiger partial charge in [0, 0.05) is 16.1 Å². The van der Waals surface area contributed by atoms with Crippen molar-refractivity contribution < 1.29 is 19.4 Å². The molecule has 2 aromatic carbocycles. The van der Waals surface area contributed by atoms with E-state index in [1.54, 1.807) is 11.3 Å². The zero-order chi connectivity index (χ0) is 21.8. The molecule has 1 aliphatic heterocycles. The Bertz CT molecular complexity index is 1010. The molecule has 0 saturated carbocycles.